The second-order valence-electron chi connectivity index (χ2n) is 13.0. The lowest BCUT2D eigenvalue weighted by Crippen LogP contribution is -2.53. The van der Waals surface area contributed by atoms with Crippen molar-refractivity contribution in [1.82, 2.24) is 0 Å². The molecule has 0 aliphatic heterocycles. The highest BCUT2D eigenvalue weighted by Crippen LogP contribution is 2.68. The van der Waals surface area contributed by atoms with Crippen LogP contribution in [0, 0.1) is 63.1 Å². The molecule has 4 aliphatic rings. The van der Waals surface area contributed by atoms with Gasteiger partial charge in [0.05, 0.1) is 5.57 Å². The molecule has 8 atom stereocenters. The Morgan fingerprint density at radius 2 is 1.74 bits per heavy atom. The van der Waals surface area contributed by atoms with Crippen molar-refractivity contribution >= 4 is 6.21 Å². The van der Waals surface area contributed by atoms with Crippen LogP contribution in [0.1, 0.15) is 92.4 Å². The van der Waals surface area contributed by atoms with E-state index in [-0.39, 0.29) is 5.41 Å². The zero-order valence-corrected chi connectivity index (χ0v) is 20.7. The molecular formula is C28H45N3. The average Bonchev–Trinajstić information content (AvgIpc) is 3.08. The molecule has 0 aromatic rings. The van der Waals surface area contributed by atoms with E-state index in [0.717, 1.165) is 42.1 Å². The van der Waals surface area contributed by atoms with Crippen LogP contribution in [0.3, 0.4) is 0 Å². The summed E-state index contributed by atoms with van der Waals surface area (Å²) >= 11 is 0. The van der Waals surface area contributed by atoms with Gasteiger partial charge in [0, 0.05) is 19.0 Å². The molecule has 0 saturated heterocycles. The zero-order chi connectivity index (χ0) is 22.4. The maximum Gasteiger partial charge on any atom is 0.102 e. The van der Waals surface area contributed by atoms with Gasteiger partial charge in [0.25, 0.3) is 0 Å². The first kappa shape index (κ1) is 22.9. The van der Waals surface area contributed by atoms with E-state index >= 15 is 0 Å². The highest BCUT2D eigenvalue weighted by molar-refractivity contribution is 5.83. The van der Waals surface area contributed by atoms with E-state index in [9.17, 15) is 0 Å². The number of aliphatic imine (C=N–C) groups is 1. The van der Waals surface area contributed by atoms with Crippen LogP contribution < -0.4 is 5.73 Å². The van der Waals surface area contributed by atoms with E-state index in [2.05, 4.69) is 45.7 Å². The van der Waals surface area contributed by atoms with Crippen molar-refractivity contribution < 1.29 is 0 Å². The molecule has 31 heavy (non-hydrogen) atoms. The van der Waals surface area contributed by atoms with Crippen molar-refractivity contribution in [3.63, 3.8) is 0 Å². The van der Waals surface area contributed by atoms with Crippen LogP contribution in [0.25, 0.3) is 0 Å². The van der Waals surface area contributed by atoms with Gasteiger partial charge in [-0.15, -0.1) is 0 Å². The molecule has 2 N–H and O–H groups in total. The predicted molar refractivity (Wildman–Crippen MR) is 129 cm³/mol. The minimum atomic E-state index is 0.158. The second-order valence-corrected chi connectivity index (χ2v) is 13.0. The Morgan fingerprint density at radius 1 is 1.06 bits per heavy atom. The van der Waals surface area contributed by atoms with Gasteiger partial charge in [-0.05, 0) is 103 Å². The van der Waals surface area contributed by atoms with E-state index < -0.39 is 0 Å². The molecule has 7 unspecified atom stereocenters. The highest BCUT2D eigenvalue weighted by atomic mass is 14.8. The summed E-state index contributed by atoms with van der Waals surface area (Å²) in [6.45, 7) is 13.4. The van der Waals surface area contributed by atoms with Crippen LogP contribution in [0.4, 0.5) is 0 Å². The number of allylic oxidation sites excluding steroid dienone is 1. The lowest BCUT2D eigenvalue weighted by atomic mass is 9.45. The number of fused-ring (bicyclic) bond motifs is 5. The zero-order valence-electron chi connectivity index (χ0n) is 20.7. The lowest BCUT2D eigenvalue weighted by Gasteiger charge is -2.60. The van der Waals surface area contributed by atoms with E-state index in [1.807, 2.05) is 0 Å². The molecule has 4 aliphatic carbocycles. The minimum absolute atomic E-state index is 0.158. The fourth-order valence-electron chi connectivity index (χ4n) is 9.49. The van der Waals surface area contributed by atoms with Crippen LogP contribution in [-0.4, -0.2) is 12.8 Å². The molecular weight excluding hydrogens is 378 g/mol. The average molecular weight is 424 g/mol. The van der Waals surface area contributed by atoms with Crippen LogP contribution in [0.2, 0.25) is 0 Å². The summed E-state index contributed by atoms with van der Waals surface area (Å²) in [6, 6.07) is 2.11. The molecule has 3 heteroatoms. The van der Waals surface area contributed by atoms with Gasteiger partial charge in [-0.25, -0.2) is 0 Å². The van der Waals surface area contributed by atoms with Crippen molar-refractivity contribution in [2.45, 2.75) is 92.4 Å². The molecule has 0 aromatic carbocycles. The Labute approximate surface area is 191 Å². The lowest BCUT2D eigenvalue weighted by molar-refractivity contribution is -0.111. The summed E-state index contributed by atoms with van der Waals surface area (Å²) in [5.41, 5.74) is 7.20. The molecule has 0 aromatic heterocycles. The number of nitrogens with two attached hydrogens (primary N) is 1. The maximum atomic E-state index is 9.10. The van der Waals surface area contributed by atoms with Crippen LogP contribution in [0.5, 0.6) is 0 Å². The Morgan fingerprint density at radius 3 is 2.45 bits per heavy atom. The molecule has 0 heterocycles. The third kappa shape index (κ3) is 3.87. The van der Waals surface area contributed by atoms with E-state index in [1.165, 1.54) is 64.0 Å². The number of rotatable bonds is 4. The fraction of sp³-hybridized carbons (Fsp3) is 0.857. The van der Waals surface area contributed by atoms with Crippen molar-refractivity contribution in [3.05, 3.63) is 11.8 Å². The van der Waals surface area contributed by atoms with Crippen molar-refractivity contribution in [1.29, 1.82) is 5.26 Å². The Balaban J connectivity index is 1.50. The van der Waals surface area contributed by atoms with Gasteiger partial charge in [-0.3, -0.25) is 4.99 Å². The van der Waals surface area contributed by atoms with Crippen molar-refractivity contribution in [2.75, 3.05) is 6.54 Å². The quantitative estimate of drug-likeness (QED) is 0.402. The Hall–Kier alpha value is -1.30. The van der Waals surface area contributed by atoms with Gasteiger partial charge < -0.3 is 5.73 Å². The smallest absolute Gasteiger partial charge is 0.102 e. The largest absolute Gasteiger partial charge is 0.403 e. The van der Waals surface area contributed by atoms with Crippen LogP contribution in [-0.2, 0) is 0 Å². The van der Waals surface area contributed by atoms with Gasteiger partial charge in [-0.1, -0.05) is 41.0 Å². The van der Waals surface area contributed by atoms with Gasteiger partial charge in [-0.2, -0.15) is 5.26 Å². The third-order valence-corrected chi connectivity index (χ3v) is 10.7. The molecule has 4 saturated carbocycles. The summed E-state index contributed by atoms with van der Waals surface area (Å²) in [6.07, 6.45) is 16.0. The highest BCUT2D eigenvalue weighted by Gasteiger charge is 2.60. The summed E-state index contributed by atoms with van der Waals surface area (Å²) in [5, 5.41) is 9.10. The monoisotopic (exact) mass is 423 g/mol. The molecule has 0 amide bonds. The second kappa shape index (κ2) is 8.24. The van der Waals surface area contributed by atoms with E-state index in [4.69, 9.17) is 11.0 Å². The van der Waals surface area contributed by atoms with Gasteiger partial charge in [0.2, 0.25) is 0 Å². The Kier molecular flexibility index (Phi) is 6.08. The first-order valence-corrected chi connectivity index (χ1v) is 13.0. The van der Waals surface area contributed by atoms with Crippen molar-refractivity contribution in [3.8, 4) is 6.07 Å². The van der Waals surface area contributed by atoms with Gasteiger partial charge in [0.1, 0.15) is 6.07 Å². The van der Waals surface area contributed by atoms with E-state index in [1.54, 1.807) is 6.21 Å². The Bertz CT molecular complexity index is 774. The van der Waals surface area contributed by atoms with Crippen LogP contribution in [0.15, 0.2) is 16.8 Å². The number of nitriles is 1. The number of nitrogens with zero attached hydrogens (tertiary/aromatic N) is 2. The van der Waals surface area contributed by atoms with E-state index in [0.29, 0.717) is 16.4 Å². The van der Waals surface area contributed by atoms with Gasteiger partial charge >= 0.3 is 0 Å². The van der Waals surface area contributed by atoms with Gasteiger partial charge in [0.15, 0.2) is 0 Å². The minimum Gasteiger partial charge on any atom is -0.403 e. The number of hydrogen-bond donors (Lipinski definition) is 1. The summed E-state index contributed by atoms with van der Waals surface area (Å²) in [5.74, 6) is 5.48. The standard InChI is InChI=1S/C28H45N3/c1-19-6-7-23-21-11-13-28(5)24(22(21)10-12-27(23,4)14-19)8-9-25(28)26(2,3)18-31-17-20(15-29)16-30/h15,17,19,21-25H,6-14,18,29H2,1-5H3/b20-15-,31-17?/t19?,21?,22?,23?,24?,25?,27-,28?/m1/s1. The normalized spacial score (nSPS) is 45.6. The summed E-state index contributed by atoms with van der Waals surface area (Å²) in [7, 11) is 0. The maximum absolute atomic E-state index is 9.10. The topological polar surface area (TPSA) is 62.2 Å². The molecule has 4 rings (SSSR count). The molecule has 4 fully saturated rings. The molecule has 0 spiro atoms. The first-order valence-electron chi connectivity index (χ1n) is 13.0. The fourth-order valence-corrected chi connectivity index (χ4v) is 9.49. The molecule has 0 bridgehead atoms. The summed E-state index contributed by atoms with van der Waals surface area (Å²) < 4.78 is 0. The van der Waals surface area contributed by atoms with Crippen molar-refractivity contribution in [2.24, 2.45) is 62.5 Å². The third-order valence-electron chi connectivity index (χ3n) is 10.7. The predicted octanol–water partition coefficient (Wildman–Crippen LogP) is 6.74. The molecule has 172 valence electrons. The summed E-state index contributed by atoms with van der Waals surface area (Å²) in [4.78, 5) is 4.65. The van der Waals surface area contributed by atoms with Crippen LogP contribution >= 0.6 is 0 Å². The SMILES string of the molecule is CC1CCC2C3CCC4(C)C(CCC4C(C)(C)CN=C/C(C#N)=C\N)C3CC[C@]2(C)C1. The molecule has 3 nitrogen and oxygen atoms in total. The molecule has 0 radical (unpaired) electrons. The first-order chi connectivity index (χ1) is 14.6. The number of hydrogen-bond acceptors (Lipinski definition) is 3.